The molecular weight excluding hydrogens is 332 g/mol. The Balaban J connectivity index is 2.44. The molecule has 7 heteroatoms. The summed E-state index contributed by atoms with van der Waals surface area (Å²) in [7, 11) is -3.29. The third kappa shape index (κ3) is 3.79. The Bertz CT molecular complexity index is 759. The molecule has 0 saturated carbocycles. The van der Waals surface area contributed by atoms with E-state index in [1.54, 1.807) is 32.9 Å². The second kappa shape index (κ2) is 6.57. The number of hydrogen-bond acceptors (Lipinski definition) is 6. The molecule has 0 spiro atoms. The van der Waals surface area contributed by atoms with Crippen molar-refractivity contribution >= 4 is 21.4 Å². The highest BCUT2D eigenvalue weighted by Crippen LogP contribution is 2.40. The van der Waals surface area contributed by atoms with Crippen molar-refractivity contribution in [1.29, 1.82) is 0 Å². The minimum atomic E-state index is -3.29. The van der Waals surface area contributed by atoms with Crippen molar-refractivity contribution in [3.05, 3.63) is 35.6 Å². The van der Waals surface area contributed by atoms with Gasteiger partial charge < -0.3 is 14.6 Å². The Morgan fingerprint density at radius 1 is 1.25 bits per heavy atom. The van der Waals surface area contributed by atoms with Gasteiger partial charge in [0.05, 0.1) is 17.1 Å². The minimum Gasteiger partial charge on any atom is -0.486 e. The predicted octanol–water partition coefficient (Wildman–Crippen LogP) is 1.78. The summed E-state index contributed by atoms with van der Waals surface area (Å²) in [5.74, 6) is -0.581. The molecule has 1 aromatic rings. The first-order valence-corrected chi connectivity index (χ1v) is 9.47. The molecule has 2 rings (SSSR count). The molecule has 1 N–H and O–H groups in total. The molecule has 1 heterocycles. The third-order valence-electron chi connectivity index (χ3n) is 3.76. The average molecular weight is 354 g/mol. The van der Waals surface area contributed by atoms with Gasteiger partial charge in [-0.15, -0.1) is 0 Å². The summed E-state index contributed by atoms with van der Waals surface area (Å²) in [6, 6.07) is 6.25. The molecule has 0 saturated heterocycles. The molecule has 0 amide bonds. The van der Waals surface area contributed by atoms with Crippen LogP contribution < -0.4 is 0 Å². The number of sulfone groups is 1. The van der Waals surface area contributed by atoms with Crippen LogP contribution in [0, 0.1) is 5.92 Å². The van der Waals surface area contributed by atoms with Gasteiger partial charge in [-0.2, -0.15) is 0 Å². The fraction of sp³-hybridized carbons (Fsp3) is 0.471. The Morgan fingerprint density at radius 3 is 2.33 bits per heavy atom. The number of ether oxygens (including phenoxy) is 2. The predicted molar refractivity (Wildman–Crippen MR) is 88.8 cm³/mol. The van der Waals surface area contributed by atoms with Crippen LogP contribution in [0.3, 0.4) is 0 Å². The molecule has 0 aliphatic carbocycles. The van der Waals surface area contributed by atoms with Gasteiger partial charge in [-0.3, -0.25) is 0 Å². The molecule has 132 valence electrons. The third-order valence-corrected chi connectivity index (χ3v) is 4.89. The maximum Gasteiger partial charge on any atom is 0.374 e. The van der Waals surface area contributed by atoms with Crippen LogP contribution in [0.25, 0.3) is 5.57 Å². The van der Waals surface area contributed by atoms with E-state index in [0.717, 1.165) is 6.26 Å². The molecule has 6 nitrogen and oxygen atoms in total. The fourth-order valence-electron chi connectivity index (χ4n) is 2.46. The van der Waals surface area contributed by atoms with Crippen LogP contribution in [0.5, 0.6) is 0 Å². The molecule has 24 heavy (non-hydrogen) atoms. The van der Waals surface area contributed by atoms with Gasteiger partial charge in [0.25, 0.3) is 0 Å². The lowest BCUT2D eigenvalue weighted by molar-refractivity contribution is -0.147. The standard InChI is InChI=1S/C17H22O6S/c1-11(9-18)10-22-15-14(17(2,3)23-16(15)19)12-5-7-13(8-6-12)24(4,20)21/h5-8,11,18H,9-10H2,1-4H3/t11-/m1/s1. The second-order valence-electron chi connectivity index (χ2n) is 6.50. The zero-order chi connectivity index (χ0) is 18.1. The van der Waals surface area contributed by atoms with Gasteiger partial charge in [0, 0.05) is 18.8 Å². The van der Waals surface area contributed by atoms with Gasteiger partial charge in [-0.05, 0) is 31.5 Å². The number of hydrogen-bond donors (Lipinski definition) is 1. The van der Waals surface area contributed by atoms with Crippen molar-refractivity contribution in [2.24, 2.45) is 5.92 Å². The lowest BCUT2D eigenvalue weighted by Crippen LogP contribution is -2.22. The number of carbonyl (C=O) groups excluding carboxylic acids is 1. The molecule has 0 radical (unpaired) electrons. The first-order chi connectivity index (χ1) is 11.1. The minimum absolute atomic E-state index is 0.0515. The summed E-state index contributed by atoms with van der Waals surface area (Å²) in [4.78, 5) is 12.3. The van der Waals surface area contributed by atoms with E-state index < -0.39 is 21.4 Å². The van der Waals surface area contributed by atoms with E-state index >= 15 is 0 Å². The molecule has 0 aromatic heterocycles. The number of cyclic esters (lactones) is 1. The van der Waals surface area contributed by atoms with Crippen molar-refractivity contribution in [2.45, 2.75) is 31.3 Å². The summed E-state index contributed by atoms with van der Waals surface area (Å²) in [6.07, 6.45) is 1.14. The van der Waals surface area contributed by atoms with E-state index in [4.69, 9.17) is 14.6 Å². The Hall–Kier alpha value is -1.86. The average Bonchev–Trinajstić information content (AvgIpc) is 2.72. The maximum absolute atomic E-state index is 12.1. The quantitative estimate of drug-likeness (QED) is 0.783. The van der Waals surface area contributed by atoms with Crippen LogP contribution in [0.4, 0.5) is 0 Å². The van der Waals surface area contributed by atoms with Crippen molar-refractivity contribution in [3.8, 4) is 0 Å². The van der Waals surface area contributed by atoms with E-state index in [1.165, 1.54) is 12.1 Å². The highest BCUT2D eigenvalue weighted by molar-refractivity contribution is 7.90. The lowest BCUT2D eigenvalue weighted by Gasteiger charge is -2.21. The Labute approximate surface area is 142 Å². The summed E-state index contributed by atoms with van der Waals surface area (Å²) in [5.41, 5.74) is 0.337. The van der Waals surface area contributed by atoms with Gasteiger partial charge in [0.15, 0.2) is 9.84 Å². The van der Waals surface area contributed by atoms with Crippen molar-refractivity contribution in [2.75, 3.05) is 19.5 Å². The highest BCUT2D eigenvalue weighted by atomic mass is 32.2. The van der Waals surface area contributed by atoms with Crippen molar-refractivity contribution in [1.82, 2.24) is 0 Å². The van der Waals surface area contributed by atoms with E-state index in [-0.39, 0.29) is 29.8 Å². The number of aliphatic hydroxyl groups is 1. The fourth-order valence-corrected chi connectivity index (χ4v) is 3.09. The highest BCUT2D eigenvalue weighted by Gasteiger charge is 2.42. The normalized spacial score (nSPS) is 18.5. The van der Waals surface area contributed by atoms with Crippen LogP contribution in [-0.2, 0) is 24.1 Å². The van der Waals surface area contributed by atoms with Gasteiger partial charge in [-0.1, -0.05) is 19.1 Å². The molecule has 0 unspecified atom stereocenters. The number of esters is 1. The topological polar surface area (TPSA) is 89.9 Å². The molecule has 1 atom stereocenters. The van der Waals surface area contributed by atoms with Gasteiger partial charge in [-0.25, -0.2) is 13.2 Å². The Morgan fingerprint density at radius 2 is 1.83 bits per heavy atom. The zero-order valence-corrected chi connectivity index (χ0v) is 15.0. The first-order valence-electron chi connectivity index (χ1n) is 7.58. The molecule has 1 aliphatic rings. The van der Waals surface area contributed by atoms with Crippen molar-refractivity contribution < 1.29 is 27.8 Å². The van der Waals surface area contributed by atoms with Gasteiger partial charge in [0.1, 0.15) is 5.60 Å². The molecular formula is C17H22O6S. The number of carbonyl (C=O) groups is 1. The van der Waals surface area contributed by atoms with E-state index in [9.17, 15) is 13.2 Å². The van der Waals surface area contributed by atoms with Gasteiger partial charge in [0.2, 0.25) is 5.76 Å². The SMILES string of the molecule is C[C@H](CO)COC1=C(c2ccc(S(C)(=O)=O)cc2)C(C)(C)OC1=O. The zero-order valence-electron chi connectivity index (χ0n) is 14.2. The van der Waals surface area contributed by atoms with Crippen LogP contribution in [0.15, 0.2) is 34.9 Å². The number of benzene rings is 1. The summed E-state index contributed by atoms with van der Waals surface area (Å²) < 4.78 is 34.1. The number of rotatable bonds is 6. The van der Waals surface area contributed by atoms with Gasteiger partial charge >= 0.3 is 5.97 Å². The van der Waals surface area contributed by atoms with E-state index in [0.29, 0.717) is 11.1 Å². The molecule has 0 fully saturated rings. The second-order valence-corrected chi connectivity index (χ2v) is 8.51. The Kier molecular flexibility index (Phi) is 5.05. The number of aliphatic hydroxyl groups excluding tert-OH is 1. The smallest absolute Gasteiger partial charge is 0.374 e. The maximum atomic E-state index is 12.1. The largest absolute Gasteiger partial charge is 0.486 e. The van der Waals surface area contributed by atoms with E-state index in [2.05, 4.69) is 0 Å². The van der Waals surface area contributed by atoms with Crippen LogP contribution in [0.1, 0.15) is 26.3 Å². The van der Waals surface area contributed by atoms with Crippen molar-refractivity contribution in [3.63, 3.8) is 0 Å². The summed E-state index contributed by atoms with van der Waals surface area (Å²) in [5, 5.41) is 9.10. The van der Waals surface area contributed by atoms with Crippen LogP contribution >= 0.6 is 0 Å². The molecule has 1 aromatic carbocycles. The van der Waals surface area contributed by atoms with E-state index in [1.807, 2.05) is 0 Å². The van der Waals surface area contributed by atoms with Crippen LogP contribution in [0.2, 0.25) is 0 Å². The molecule has 0 bridgehead atoms. The summed E-state index contributed by atoms with van der Waals surface area (Å²) >= 11 is 0. The van der Waals surface area contributed by atoms with Crippen LogP contribution in [-0.4, -0.2) is 44.6 Å². The lowest BCUT2D eigenvalue weighted by atomic mass is 9.92. The summed E-state index contributed by atoms with van der Waals surface area (Å²) in [6.45, 7) is 5.42. The molecule has 1 aliphatic heterocycles. The monoisotopic (exact) mass is 354 g/mol. The first kappa shape index (κ1) is 18.5.